The number of fused-ring (bicyclic) bond motifs is 1. The van der Waals surface area contributed by atoms with Gasteiger partial charge in [-0.1, -0.05) is 45.9 Å². The summed E-state index contributed by atoms with van der Waals surface area (Å²) in [5, 5.41) is 4.31. The number of alkyl halides is 3. The van der Waals surface area contributed by atoms with Crippen LogP contribution in [0, 0.1) is 11.3 Å². The molecule has 2 aromatic rings. The van der Waals surface area contributed by atoms with E-state index in [1.807, 2.05) is 25.1 Å². The molecule has 0 aliphatic heterocycles. The zero-order chi connectivity index (χ0) is 21.9. The van der Waals surface area contributed by atoms with Crippen molar-refractivity contribution in [3.63, 3.8) is 0 Å². The molecule has 1 saturated carbocycles. The van der Waals surface area contributed by atoms with Gasteiger partial charge in [-0.25, -0.2) is 0 Å². The van der Waals surface area contributed by atoms with E-state index >= 15 is 0 Å². The van der Waals surface area contributed by atoms with E-state index in [0.29, 0.717) is 18.4 Å². The molecular weight excluding hydrogens is 387 g/mol. The van der Waals surface area contributed by atoms with Gasteiger partial charge in [0.25, 0.3) is 0 Å². The average Bonchev–Trinajstić information content (AvgIpc) is 2.67. The lowest BCUT2D eigenvalue weighted by Gasteiger charge is -2.37. The van der Waals surface area contributed by atoms with E-state index < -0.39 is 12.2 Å². The standard InChI is InChI=1S/C25H34F3NO/c1-5-14-29-23(25(26,27)28)19-7-6-18-16-22(11-8-17(18)15-19)30-21-12-9-20(10-13-21)24(2,3)4/h6-8,11,15-16,20-21,23,29H,5,9-10,12-14H2,1-4H3/t20-,21-,23?. The number of rotatable bonds is 6. The molecule has 0 aromatic heterocycles. The molecule has 0 radical (unpaired) electrons. The zero-order valence-electron chi connectivity index (χ0n) is 18.5. The Kier molecular flexibility index (Phi) is 7.01. The van der Waals surface area contributed by atoms with Crippen molar-refractivity contribution >= 4 is 10.8 Å². The van der Waals surface area contributed by atoms with Crippen molar-refractivity contribution in [1.82, 2.24) is 5.32 Å². The van der Waals surface area contributed by atoms with Gasteiger partial charge in [-0.05, 0) is 84.5 Å². The first-order valence-electron chi connectivity index (χ1n) is 11.1. The molecule has 30 heavy (non-hydrogen) atoms. The summed E-state index contributed by atoms with van der Waals surface area (Å²) in [5.74, 6) is 1.53. The molecule has 1 aliphatic carbocycles. The predicted molar refractivity (Wildman–Crippen MR) is 117 cm³/mol. The van der Waals surface area contributed by atoms with Crippen LogP contribution in [0.15, 0.2) is 36.4 Å². The molecule has 2 nitrogen and oxygen atoms in total. The van der Waals surface area contributed by atoms with Gasteiger partial charge in [0.1, 0.15) is 11.8 Å². The fraction of sp³-hybridized carbons (Fsp3) is 0.600. The Hall–Kier alpha value is -1.75. The minimum atomic E-state index is -4.32. The Bertz CT molecular complexity index is 832. The Morgan fingerprint density at radius 3 is 2.20 bits per heavy atom. The molecular formula is C25H34F3NO. The fourth-order valence-corrected chi connectivity index (χ4v) is 4.45. The van der Waals surface area contributed by atoms with Crippen LogP contribution in [0.1, 0.15) is 71.4 Å². The van der Waals surface area contributed by atoms with Crippen molar-refractivity contribution in [2.24, 2.45) is 11.3 Å². The number of nitrogens with one attached hydrogen (secondary N) is 1. The first kappa shape index (κ1) is 22.9. The molecule has 1 N–H and O–H groups in total. The predicted octanol–water partition coefficient (Wildman–Crippen LogP) is 7.43. The molecule has 0 amide bonds. The second kappa shape index (κ2) is 9.17. The highest BCUT2D eigenvalue weighted by molar-refractivity contribution is 5.84. The van der Waals surface area contributed by atoms with E-state index in [2.05, 4.69) is 26.1 Å². The SMILES string of the molecule is CCCNC(c1ccc2cc(O[C@H]3CC[C@H](C(C)(C)C)CC3)ccc2c1)C(F)(F)F. The van der Waals surface area contributed by atoms with Crippen LogP contribution in [0.3, 0.4) is 0 Å². The van der Waals surface area contributed by atoms with Gasteiger partial charge in [0.15, 0.2) is 0 Å². The van der Waals surface area contributed by atoms with Crippen LogP contribution in [0.5, 0.6) is 5.75 Å². The number of benzene rings is 2. The lowest BCUT2D eigenvalue weighted by atomic mass is 9.72. The van der Waals surface area contributed by atoms with Crippen molar-refractivity contribution in [2.45, 2.75) is 78.1 Å². The van der Waals surface area contributed by atoms with E-state index in [-0.39, 0.29) is 11.7 Å². The second-order valence-corrected chi connectivity index (χ2v) is 9.65. The van der Waals surface area contributed by atoms with E-state index in [4.69, 9.17) is 4.74 Å². The van der Waals surface area contributed by atoms with E-state index in [0.717, 1.165) is 35.3 Å². The first-order chi connectivity index (χ1) is 14.1. The van der Waals surface area contributed by atoms with Gasteiger partial charge in [0.2, 0.25) is 0 Å². The van der Waals surface area contributed by atoms with Crippen LogP contribution < -0.4 is 10.1 Å². The monoisotopic (exact) mass is 421 g/mol. The van der Waals surface area contributed by atoms with Crippen LogP contribution in [0.4, 0.5) is 13.2 Å². The molecule has 1 aliphatic rings. The Morgan fingerprint density at radius 2 is 1.60 bits per heavy atom. The summed E-state index contributed by atoms with van der Waals surface area (Å²) in [6, 6.07) is 9.01. The summed E-state index contributed by atoms with van der Waals surface area (Å²) in [5.41, 5.74) is 0.587. The van der Waals surface area contributed by atoms with Crippen LogP contribution >= 0.6 is 0 Å². The minimum Gasteiger partial charge on any atom is -0.490 e. The van der Waals surface area contributed by atoms with Gasteiger partial charge in [-0.3, -0.25) is 0 Å². The van der Waals surface area contributed by atoms with E-state index in [1.165, 1.54) is 12.8 Å². The van der Waals surface area contributed by atoms with Crippen LogP contribution in [-0.2, 0) is 0 Å². The molecule has 1 fully saturated rings. The minimum absolute atomic E-state index is 0.216. The summed E-state index contributed by atoms with van der Waals surface area (Å²) in [6.07, 6.45) is 0.998. The Morgan fingerprint density at radius 1 is 0.967 bits per heavy atom. The largest absolute Gasteiger partial charge is 0.490 e. The highest BCUT2D eigenvalue weighted by Gasteiger charge is 2.40. The highest BCUT2D eigenvalue weighted by Crippen LogP contribution is 2.39. The maximum atomic E-state index is 13.5. The molecule has 3 rings (SSSR count). The third kappa shape index (κ3) is 5.69. The summed E-state index contributed by atoms with van der Waals surface area (Å²) in [6.45, 7) is 9.09. The van der Waals surface area contributed by atoms with E-state index in [1.54, 1.807) is 18.2 Å². The Labute approximate surface area is 178 Å². The number of ether oxygens (including phenoxy) is 1. The first-order valence-corrected chi connectivity index (χ1v) is 11.1. The second-order valence-electron chi connectivity index (χ2n) is 9.65. The number of hydrogen-bond donors (Lipinski definition) is 1. The maximum absolute atomic E-state index is 13.5. The summed E-state index contributed by atoms with van der Waals surface area (Å²) in [4.78, 5) is 0. The topological polar surface area (TPSA) is 21.3 Å². The van der Waals surface area contributed by atoms with Crippen LogP contribution in [-0.4, -0.2) is 18.8 Å². The summed E-state index contributed by atoms with van der Waals surface area (Å²) >= 11 is 0. The average molecular weight is 422 g/mol. The molecule has 1 unspecified atom stereocenters. The quantitative estimate of drug-likeness (QED) is 0.524. The normalized spacial score (nSPS) is 21.6. The molecule has 1 atom stereocenters. The van der Waals surface area contributed by atoms with Gasteiger partial charge >= 0.3 is 6.18 Å². The van der Waals surface area contributed by atoms with Crippen molar-refractivity contribution in [3.8, 4) is 5.75 Å². The molecule has 2 aromatic carbocycles. The summed E-state index contributed by atoms with van der Waals surface area (Å²) in [7, 11) is 0. The van der Waals surface area contributed by atoms with Gasteiger partial charge in [-0.15, -0.1) is 0 Å². The van der Waals surface area contributed by atoms with Gasteiger partial charge in [-0.2, -0.15) is 13.2 Å². The van der Waals surface area contributed by atoms with Gasteiger partial charge in [0, 0.05) is 0 Å². The number of hydrogen-bond acceptors (Lipinski definition) is 2. The highest BCUT2D eigenvalue weighted by atomic mass is 19.4. The lowest BCUT2D eigenvalue weighted by molar-refractivity contribution is -0.157. The van der Waals surface area contributed by atoms with Crippen molar-refractivity contribution in [1.29, 1.82) is 0 Å². The molecule has 166 valence electrons. The lowest BCUT2D eigenvalue weighted by Crippen LogP contribution is -2.34. The van der Waals surface area contributed by atoms with E-state index in [9.17, 15) is 13.2 Å². The molecule has 5 heteroatoms. The zero-order valence-corrected chi connectivity index (χ0v) is 18.5. The third-order valence-electron chi connectivity index (χ3n) is 6.30. The maximum Gasteiger partial charge on any atom is 0.407 e. The molecule has 0 saturated heterocycles. The van der Waals surface area contributed by atoms with Crippen LogP contribution in [0.2, 0.25) is 0 Å². The molecule has 0 bridgehead atoms. The summed E-state index contributed by atoms with van der Waals surface area (Å²) < 4.78 is 46.6. The van der Waals surface area contributed by atoms with Crippen molar-refractivity contribution < 1.29 is 17.9 Å². The van der Waals surface area contributed by atoms with Gasteiger partial charge < -0.3 is 10.1 Å². The van der Waals surface area contributed by atoms with Crippen molar-refractivity contribution in [3.05, 3.63) is 42.0 Å². The number of halogens is 3. The third-order valence-corrected chi connectivity index (χ3v) is 6.30. The molecule has 0 spiro atoms. The van der Waals surface area contributed by atoms with Gasteiger partial charge in [0.05, 0.1) is 6.10 Å². The molecule has 0 heterocycles. The van der Waals surface area contributed by atoms with Crippen LogP contribution in [0.25, 0.3) is 10.8 Å². The fourth-order valence-electron chi connectivity index (χ4n) is 4.45. The Balaban J connectivity index is 1.71. The van der Waals surface area contributed by atoms with Crippen molar-refractivity contribution in [2.75, 3.05) is 6.54 Å². The smallest absolute Gasteiger partial charge is 0.407 e.